The third-order valence-electron chi connectivity index (χ3n) is 5.11. The molecule has 0 bridgehead atoms. The summed E-state index contributed by atoms with van der Waals surface area (Å²) in [6.07, 6.45) is 5.49. The minimum atomic E-state index is -1.88. The lowest BCUT2D eigenvalue weighted by atomic mass is 10.0. The van der Waals surface area contributed by atoms with Gasteiger partial charge in [-0.05, 0) is 49.7 Å². The molecule has 4 heteroatoms. The first kappa shape index (κ1) is 21.8. The van der Waals surface area contributed by atoms with E-state index >= 15 is 0 Å². The molecule has 0 N–H and O–H groups in total. The van der Waals surface area contributed by atoms with Crippen LogP contribution in [0.2, 0.25) is 18.1 Å². The summed E-state index contributed by atoms with van der Waals surface area (Å²) in [5, 5.41) is 0.154. The van der Waals surface area contributed by atoms with Crippen LogP contribution in [0.1, 0.15) is 40.2 Å². The van der Waals surface area contributed by atoms with Crippen molar-refractivity contribution in [3.05, 3.63) is 29.8 Å². The van der Waals surface area contributed by atoms with E-state index in [1.807, 2.05) is 31.2 Å². The van der Waals surface area contributed by atoms with Crippen molar-refractivity contribution in [3.63, 3.8) is 0 Å². The van der Waals surface area contributed by atoms with Gasteiger partial charge in [0.05, 0.1) is 25.9 Å². The molecule has 0 heterocycles. The van der Waals surface area contributed by atoms with Gasteiger partial charge in [-0.25, -0.2) is 0 Å². The number of methoxy groups -OCH3 is 1. The van der Waals surface area contributed by atoms with Crippen molar-refractivity contribution in [2.75, 3.05) is 7.11 Å². The van der Waals surface area contributed by atoms with Gasteiger partial charge in [-0.15, -0.1) is 12.3 Å². The minimum absolute atomic E-state index is 0.0157. The lowest BCUT2D eigenvalue weighted by Gasteiger charge is -2.41. The monoisotopic (exact) mass is 362 g/mol. The standard InChI is InChI=1S/C21H34O3Si/c1-10-16(2)20(17(3)24-25(8,9)21(4,5)6)23-15-18-11-13-19(22-7)14-12-18/h1,11-14,16-17,20H,15H2,2-9H3/t16-,17-,20-/m0/s1. The predicted octanol–water partition coefficient (Wildman–Crippen LogP) is 5.26. The lowest BCUT2D eigenvalue weighted by molar-refractivity contribution is -0.0493. The molecular weight excluding hydrogens is 328 g/mol. The van der Waals surface area contributed by atoms with Crippen molar-refractivity contribution < 1.29 is 13.9 Å². The molecule has 0 saturated carbocycles. The Labute approximate surface area is 155 Å². The van der Waals surface area contributed by atoms with E-state index in [1.54, 1.807) is 7.11 Å². The highest BCUT2D eigenvalue weighted by atomic mass is 28.4. The fraction of sp³-hybridized carbons (Fsp3) is 0.619. The van der Waals surface area contributed by atoms with E-state index in [0.29, 0.717) is 6.61 Å². The topological polar surface area (TPSA) is 27.7 Å². The highest BCUT2D eigenvalue weighted by Gasteiger charge is 2.40. The molecule has 3 nitrogen and oxygen atoms in total. The van der Waals surface area contributed by atoms with Crippen LogP contribution < -0.4 is 4.74 Å². The van der Waals surface area contributed by atoms with E-state index in [-0.39, 0.29) is 23.2 Å². The molecule has 1 aromatic rings. The second-order valence-electron chi connectivity index (χ2n) is 8.16. The molecule has 0 radical (unpaired) electrons. The molecule has 3 atom stereocenters. The Morgan fingerprint density at radius 2 is 1.68 bits per heavy atom. The molecular formula is C21H34O3Si. The molecule has 0 amide bonds. The number of terminal acetylenes is 1. The molecule has 140 valence electrons. The smallest absolute Gasteiger partial charge is 0.192 e. The largest absolute Gasteiger partial charge is 0.497 e. The molecule has 0 aromatic heterocycles. The van der Waals surface area contributed by atoms with Gasteiger partial charge in [-0.3, -0.25) is 0 Å². The minimum Gasteiger partial charge on any atom is -0.497 e. The van der Waals surface area contributed by atoms with E-state index in [0.717, 1.165) is 11.3 Å². The molecule has 0 aliphatic rings. The van der Waals surface area contributed by atoms with Crippen molar-refractivity contribution in [3.8, 4) is 18.1 Å². The lowest BCUT2D eigenvalue weighted by Crippen LogP contribution is -2.47. The van der Waals surface area contributed by atoms with Gasteiger partial charge in [0.1, 0.15) is 5.75 Å². The maximum absolute atomic E-state index is 6.51. The molecule has 0 fully saturated rings. The molecule has 1 aromatic carbocycles. The molecule has 0 spiro atoms. The van der Waals surface area contributed by atoms with E-state index < -0.39 is 8.32 Å². The van der Waals surface area contributed by atoms with Crippen molar-refractivity contribution >= 4 is 8.32 Å². The second-order valence-corrected chi connectivity index (χ2v) is 12.9. The van der Waals surface area contributed by atoms with Crippen molar-refractivity contribution in [2.24, 2.45) is 5.92 Å². The van der Waals surface area contributed by atoms with Crippen LogP contribution in [0.5, 0.6) is 5.75 Å². The normalized spacial score (nSPS) is 16.0. The summed E-state index contributed by atoms with van der Waals surface area (Å²) in [5.41, 5.74) is 1.09. The van der Waals surface area contributed by atoms with Gasteiger partial charge < -0.3 is 13.9 Å². The maximum Gasteiger partial charge on any atom is 0.192 e. The summed E-state index contributed by atoms with van der Waals surface area (Å²) in [6.45, 7) is 15.8. The van der Waals surface area contributed by atoms with Crippen LogP contribution in [0.25, 0.3) is 0 Å². The van der Waals surface area contributed by atoms with Crippen LogP contribution in [0.4, 0.5) is 0 Å². The zero-order valence-corrected chi connectivity index (χ0v) is 18.1. The third-order valence-corrected chi connectivity index (χ3v) is 9.68. The van der Waals surface area contributed by atoms with Gasteiger partial charge in [-0.2, -0.15) is 0 Å². The Balaban J connectivity index is 2.81. The molecule has 1 rings (SSSR count). The highest BCUT2D eigenvalue weighted by Crippen LogP contribution is 2.38. The number of hydrogen-bond acceptors (Lipinski definition) is 3. The van der Waals surface area contributed by atoms with Gasteiger partial charge in [0.25, 0.3) is 0 Å². The Hall–Kier alpha value is -1.28. The zero-order chi connectivity index (χ0) is 19.3. The van der Waals surface area contributed by atoms with Crippen LogP contribution in [-0.4, -0.2) is 27.6 Å². The average Bonchev–Trinajstić information content (AvgIpc) is 2.53. The zero-order valence-electron chi connectivity index (χ0n) is 17.1. The number of ether oxygens (including phenoxy) is 2. The summed E-state index contributed by atoms with van der Waals surface area (Å²) in [7, 11) is -0.212. The maximum atomic E-state index is 6.51. The average molecular weight is 363 g/mol. The third kappa shape index (κ3) is 6.18. The second kappa shape index (κ2) is 8.89. The number of hydrogen-bond donors (Lipinski definition) is 0. The van der Waals surface area contributed by atoms with Crippen molar-refractivity contribution in [1.29, 1.82) is 0 Å². The Morgan fingerprint density at radius 1 is 1.12 bits per heavy atom. The van der Waals surface area contributed by atoms with E-state index in [9.17, 15) is 0 Å². The fourth-order valence-electron chi connectivity index (χ4n) is 2.40. The SMILES string of the molecule is C#C[C@H](C)[C@H](OCc1ccc(OC)cc1)[C@H](C)O[Si](C)(C)C(C)(C)C. The summed E-state index contributed by atoms with van der Waals surface area (Å²) < 4.78 is 17.9. The first-order valence-electron chi connectivity index (χ1n) is 8.90. The van der Waals surface area contributed by atoms with Crippen LogP contribution in [0.15, 0.2) is 24.3 Å². The van der Waals surface area contributed by atoms with Crippen LogP contribution >= 0.6 is 0 Å². The fourth-order valence-corrected chi connectivity index (χ4v) is 3.82. The van der Waals surface area contributed by atoms with Gasteiger partial charge in [0, 0.05) is 5.92 Å². The molecule has 0 unspecified atom stereocenters. The Morgan fingerprint density at radius 3 is 2.12 bits per heavy atom. The Kier molecular flexibility index (Phi) is 7.74. The van der Waals surface area contributed by atoms with Crippen molar-refractivity contribution in [2.45, 2.75) is 71.6 Å². The predicted molar refractivity (Wildman–Crippen MR) is 107 cm³/mol. The van der Waals surface area contributed by atoms with E-state index in [1.165, 1.54) is 0 Å². The van der Waals surface area contributed by atoms with Gasteiger partial charge >= 0.3 is 0 Å². The number of rotatable bonds is 8. The summed E-state index contributed by atoms with van der Waals surface area (Å²) in [5.74, 6) is 3.64. The molecule has 25 heavy (non-hydrogen) atoms. The molecule has 0 aliphatic heterocycles. The first-order chi connectivity index (χ1) is 11.5. The summed E-state index contributed by atoms with van der Waals surface area (Å²) >= 11 is 0. The van der Waals surface area contributed by atoms with Crippen LogP contribution in [0, 0.1) is 18.3 Å². The van der Waals surface area contributed by atoms with Crippen LogP contribution in [0.3, 0.4) is 0 Å². The van der Waals surface area contributed by atoms with Gasteiger partial charge in [-0.1, -0.05) is 32.9 Å². The first-order valence-corrected chi connectivity index (χ1v) is 11.8. The van der Waals surface area contributed by atoms with E-state index in [4.69, 9.17) is 20.3 Å². The molecule has 0 saturated heterocycles. The molecule has 0 aliphatic carbocycles. The number of benzene rings is 1. The quantitative estimate of drug-likeness (QED) is 0.466. The highest BCUT2D eigenvalue weighted by molar-refractivity contribution is 6.74. The van der Waals surface area contributed by atoms with Gasteiger partial charge in [0.2, 0.25) is 0 Å². The Bertz CT molecular complexity index is 566. The van der Waals surface area contributed by atoms with Gasteiger partial charge in [0.15, 0.2) is 8.32 Å². The van der Waals surface area contributed by atoms with Crippen molar-refractivity contribution in [1.82, 2.24) is 0 Å². The summed E-state index contributed by atoms with van der Waals surface area (Å²) in [6, 6.07) is 7.90. The van der Waals surface area contributed by atoms with E-state index in [2.05, 4.69) is 46.7 Å². The van der Waals surface area contributed by atoms with Crippen LogP contribution in [-0.2, 0) is 15.8 Å². The summed E-state index contributed by atoms with van der Waals surface area (Å²) in [4.78, 5) is 0.